The quantitative estimate of drug-likeness (QED) is 0.779. The van der Waals surface area contributed by atoms with Crippen molar-refractivity contribution in [2.45, 2.75) is 38.8 Å². The fourth-order valence-electron chi connectivity index (χ4n) is 3.54. The van der Waals surface area contributed by atoms with E-state index in [0.717, 1.165) is 5.69 Å². The molecule has 7 heteroatoms. The summed E-state index contributed by atoms with van der Waals surface area (Å²) in [5.41, 5.74) is 2.64. The van der Waals surface area contributed by atoms with E-state index < -0.39 is 0 Å². The zero-order valence-corrected chi connectivity index (χ0v) is 15.9. The van der Waals surface area contributed by atoms with Gasteiger partial charge in [0, 0.05) is 44.8 Å². The molecule has 0 N–H and O–H groups in total. The summed E-state index contributed by atoms with van der Waals surface area (Å²) < 4.78 is 20.5. The third-order valence-electron chi connectivity index (χ3n) is 4.93. The lowest BCUT2D eigenvalue weighted by Gasteiger charge is -2.29. The Balaban J connectivity index is 1.95. The topological polar surface area (TPSA) is 64.4 Å². The number of carbonyl (C=O) groups is 2. The standard InChI is InChI=1S/C20H24FN3O3/c1-13(12-27-3)24(11-14-5-4-6-15(21)9-14)20(26)19-17-10-16(25)7-8-18(17)23(2)22-19/h4-6,9,13H,7-8,10-12H2,1-3H3. The summed E-state index contributed by atoms with van der Waals surface area (Å²) in [5.74, 6) is -0.498. The third kappa shape index (κ3) is 4.08. The van der Waals surface area contributed by atoms with Crippen LogP contribution in [0.2, 0.25) is 0 Å². The summed E-state index contributed by atoms with van der Waals surface area (Å²) in [6, 6.07) is 5.95. The number of benzene rings is 1. The van der Waals surface area contributed by atoms with Gasteiger partial charge >= 0.3 is 0 Å². The highest BCUT2D eigenvalue weighted by molar-refractivity contribution is 5.96. The second-order valence-electron chi connectivity index (χ2n) is 6.98. The molecule has 6 nitrogen and oxygen atoms in total. The van der Waals surface area contributed by atoms with Crippen molar-refractivity contribution in [3.05, 3.63) is 52.6 Å². The van der Waals surface area contributed by atoms with Crippen molar-refractivity contribution in [2.75, 3.05) is 13.7 Å². The van der Waals surface area contributed by atoms with E-state index in [9.17, 15) is 14.0 Å². The van der Waals surface area contributed by atoms with Crippen molar-refractivity contribution in [1.29, 1.82) is 0 Å². The molecule has 0 bridgehead atoms. The molecular formula is C20H24FN3O3. The highest BCUT2D eigenvalue weighted by Crippen LogP contribution is 2.24. The van der Waals surface area contributed by atoms with Crippen LogP contribution in [0.3, 0.4) is 0 Å². The van der Waals surface area contributed by atoms with Crippen LogP contribution in [0.15, 0.2) is 24.3 Å². The number of methoxy groups -OCH3 is 1. The third-order valence-corrected chi connectivity index (χ3v) is 4.93. The fraction of sp³-hybridized carbons (Fsp3) is 0.450. The first-order valence-corrected chi connectivity index (χ1v) is 9.01. The number of aromatic nitrogens is 2. The van der Waals surface area contributed by atoms with Crippen LogP contribution in [0.25, 0.3) is 0 Å². The molecule has 1 amide bonds. The van der Waals surface area contributed by atoms with E-state index in [2.05, 4.69) is 5.10 Å². The van der Waals surface area contributed by atoms with Gasteiger partial charge in [0.05, 0.1) is 12.6 Å². The molecule has 0 saturated carbocycles. The smallest absolute Gasteiger partial charge is 0.275 e. The van der Waals surface area contributed by atoms with Gasteiger partial charge < -0.3 is 9.64 Å². The minimum absolute atomic E-state index is 0.117. The Bertz CT molecular complexity index is 862. The Hall–Kier alpha value is -2.54. The van der Waals surface area contributed by atoms with Crippen LogP contribution in [-0.4, -0.2) is 46.1 Å². The molecule has 3 rings (SSSR count). The summed E-state index contributed by atoms with van der Waals surface area (Å²) in [5, 5.41) is 4.41. The number of halogens is 1. The van der Waals surface area contributed by atoms with Gasteiger partial charge in [0.15, 0.2) is 5.69 Å². The molecule has 2 aromatic rings. The van der Waals surface area contributed by atoms with Gasteiger partial charge in [-0.25, -0.2) is 4.39 Å². The largest absolute Gasteiger partial charge is 0.383 e. The fourth-order valence-corrected chi connectivity index (χ4v) is 3.54. The Morgan fingerprint density at radius 2 is 2.19 bits per heavy atom. The number of Topliss-reactive ketones (excluding diaryl/α,β-unsaturated/α-hetero) is 1. The number of ether oxygens (including phenoxy) is 1. The maximum Gasteiger partial charge on any atom is 0.275 e. The van der Waals surface area contributed by atoms with E-state index in [1.807, 2.05) is 6.92 Å². The maximum absolute atomic E-state index is 13.6. The number of ketones is 1. The number of rotatable bonds is 6. The van der Waals surface area contributed by atoms with E-state index in [-0.39, 0.29) is 36.5 Å². The van der Waals surface area contributed by atoms with Gasteiger partial charge in [0.2, 0.25) is 0 Å². The number of amides is 1. The first-order chi connectivity index (χ1) is 12.9. The van der Waals surface area contributed by atoms with Crippen LogP contribution in [-0.2, 0) is 36.0 Å². The first kappa shape index (κ1) is 19.2. The molecule has 0 spiro atoms. The second-order valence-corrected chi connectivity index (χ2v) is 6.98. The van der Waals surface area contributed by atoms with Gasteiger partial charge in [-0.3, -0.25) is 14.3 Å². The lowest BCUT2D eigenvalue weighted by atomic mass is 9.94. The van der Waals surface area contributed by atoms with Gasteiger partial charge in [-0.05, 0) is 31.0 Å². The van der Waals surface area contributed by atoms with Crippen LogP contribution >= 0.6 is 0 Å². The van der Waals surface area contributed by atoms with Crippen LogP contribution in [0, 0.1) is 5.82 Å². The Morgan fingerprint density at radius 1 is 1.41 bits per heavy atom. The van der Waals surface area contributed by atoms with Gasteiger partial charge in [-0.2, -0.15) is 5.10 Å². The second kappa shape index (κ2) is 8.00. The molecule has 0 saturated heterocycles. The zero-order chi connectivity index (χ0) is 19.6. The van der Waals surface area contributed by atoms with Crippen LogP contribution in [0.1, 0.15) is 40.7 Å². The van der Waals surface area contributed by atoms with E-state index in [4.69, 9.17) is 4.74 Å². The predicted molar refractivity (Wildman–Crippen MR) is 97.9 cm³/mol. The molecule has 1 unspecified atom stereocenters. The predicted octanol–water partition coefficient (Wildman–Crippen LogP) is 2.29. The van der Waals surface area contributed by atoms with Crippen molar-refractivity contribution in [2.24, 2.45) is 7.05 Å². The molecule has 1 aliphatic carbocycles. The Kier molecular flexibility index (Phi) is 5.70. The number of hydrogen-bond donors (Lipinski definition) is 0. The van der Waals surface area contributed by atoms with E-state index >= 15 is 0 Å². The van der Waals surface area contributed by atoms with Crippen LogP contribution in [0.4, 0.5) is 4.39 Å². The molecule has 1 atom stereocenters. The summed E-state index contributed by atoms with van der Waals surface area (Å²) in [6.45, 7) is 2.46. The van der Waals surface area contributed by atoms with Gasteiger partial charge in [-0.15, -0.1) is 0 Å². The van der Waals surface area contributed by atoms with Crippen molar-refractivity contribution in [3.63, 3.8) is 0 Å². The van der Waals surface area contributed by atoms with Crippen molar-refractivity contribution < 1.29 is 18.7 Å². The summed E-state index contributed by atoms with van der Waals surface area (Å²) in [4.78, 5) is 26.9. The SMILES string of the molecule is COCC(C)N(Cc1cccc(F)c1)C(=O)c1nn(C)c2c1CC(=O)CC2. The minimum atomic E-state index is -0.347. The lowest BCUT2D eigenvalue weighted by Crippen LogP contribution is -2.41. The molecule has 0 fully saturated rings. The van der Waals surface area contributed by atoms with Gasteiger partial charge in [-0.1, -0.05) is 12.1 Å². The molecule has 0 aliphatic heterocycles. The number of fused-ring (bicyclic) bond motifs is 1. The maximum atomic E-state index is 13.6. The van der Waals surface area contributed by atoms with Crippen molar-refractivity contribution in [3.8, 4) is 0 Å². The first-order valence-electron chi connectivity index (χ1n) is 9.01. The average molecular weight is 373 g/mol. The minimum Gasteiger partial charge on any atom is -0.383 e. The van der Waals surface area contributed by atoms with Crippen LogP contribution in [0.5, 0.6) is 0 Å². The molecule has 0 radical (unpaired) electrons. The molecule has 144 valence electrons. The van der Waals surface area contributed by atoms with E-state index in [1.54, 1.807) is 35.9 Å². The molecule has 1 aromatic carbocycles. The van der Waals surface area contributed by atoms with E-state index in [1.165, 1.54) is 12.1 Å². The molecular weight excluding hydrogens is 349 g/mol. The zero-order valence-electron chi connectivity index (χ0n) is 15.9. The Morgan fingerprint density at radius 3 is 2.89 bits per heavy atom. The van der Waals surface area contributed by atoms with Crippen LogP contribution < -0.4 is 0 Å². The van der Waals surface area contributed by atoms with E-state index in [0.29, 0.717) is 36.3 Å². The molecule has 1 aromatic heterocycles. The molecule has 1 heterocycles. The molecule has 27 heavy (non-hydrogen) atoms. The monoisotopic (exact) mass is 373 g/mol. The number of aryl methyl sites for hydroxylation is 1. The highest BCUT2D eigenvalue weighted by atomic mass is 19.1. The summed E-state index contributed by atoms with van der Waals surface area (Å²) in [7, 11) is 3.36. The summed E-state index contributed by atoms with van der Waals surface area (Å²) in [6.07, 6.45) is 1.31. The normalized spacial score (nSPS) is 14.7. The number of carbonyl (C=O) groups excluding carboxylic acids is 2. The summed E-state index contributed by atoms with van der Waals surface area (Å²) >= 11 is 0. The van der Waals surface area contributed by atoms with Crippen molar-refractivity contribution >= 4 is 11.7 Å². The highest BCUT2D eigenvalue weighted by Gasteiger charge is 2.31. The number of nitrogens with zero attached hydrogens (tertiary/aromatic N) is 3. The van der Waals surface area contributed by atoms with Gasteiger partial charge in [0.1, 0.15) is 11.6 Å². The number of hydrogen-bond acceptors (Lipinski definition) is 4. The molecule has 1 aliphatic rings. The van der Waals surface area contributed by atoms with Gasteiger partial charge in [0.25, 0.3) is 5.91 Å². The van der Waals surface area contributed by atoms with Crippen molar-refractivity contribution in [1.82, 2.24) is 14.7 Å². The Labute approximate surface area is 157 Å². The average Bonchev–Trinajstić information content (AvgIpc) is 2.95. The lowest BCUT2D eigenvalue weighted by molar-refractivity contribution is -0.118.